The molecule has 3 nitrogen and oxygen atoms in total. The first-order valence-electron chi connectivity index (χ1n) is 5.88. The lowest BCUT2D eigenvalue weighted by molar-refractivity contribution is -0.141. The first-order chi connectivity index (χ1) is 8.60. The Balaban J connectivity index is 2.81. The van der Waals surface area contributed by atoms with Crippen molar-refractivity contribution in [3.8, 4) is 0 Å². The third-order valence-corrected chi connectivity index (χ3v) is 3.43. The van der Waals surface area contributed by atoms with Crippen molar-refractivity contribution in [2.45, 2.75) is 32.2 Å². The molecule has 0 heterocycles. The number of methoxy groups -OCH3 is 1. The van der Waals surface area contributed by atoms with Gasteiger partial charge in [-0.1, -0.05) is 49.0 Å². The topological polar surface area (TPSA) is 38.3 Å². The van der Waals surface area contributed by atoms with E-state index < -0.39 is 6.04 Å². The number of benzene rings is 1. The van der Waals surface area contributed by atoms with Gasteiger partial charge in [0.15, 0.2) is 0 Å². The third-order valence-electron chi connectivity index (χ3n) is 2.61. The van der Waals surface area contributed by atoms with Crippen molar-refractivity contribution in [1.29, 1.82) is 0 Å². The molecule has 0 saturated heterocycles. The fraction of sp³-hybridized carbons (Fsp3) is 0.462. The highest BCUT2D eigenvalue weighted by Gasteiger charge is 2.19. The molecule has 0 amide bonds. The number of hydrogen-bond acceptors (Lipinski definition) is 3. The molecule has 1 aromatic rings. The van der Waals surface area contributed by atoms with E-state index in [2.05, 4.69) is 12.2 Å². The molecular weight excluding hydrogens is 273 g/mol. The zero-order valence-electron chi connectivity index (χ0n) is 10.5. The minimum atomic E-state index is -0.397. The molecule has 0 spiro atoms. The summed E-state index contributed by atoms with van der Waals surface area (Å²) in [6, 6.07) is 4.88. The number of rotatable bonds is 6. The molecule has 1 unspecified atom stereocenters. The average Bonchev–Trinajstić information content (AvgIpc) is 2.38. The Labute approximate surface area is 117 Å². The van der Waals surface area contributed by atoms with Crippen LogP contribution in [0.5, 0.6) is 0 Å². The second-order valence-electron chi connectivity index (χ2n) is 3.96. The van der Waals surface area contributed by atoms with E-state index in [4.69, 9.17) is 27.9 Å². The van der Waals surface area contributed by atoms with Gasteiger partial charge in [-0.2, -0.15) is 0 Å². The van der Waals surface area contributed by atoms with Gasteiger partial charge in [0.05, 0.1) is 22.8 Å². The van der Waals surface area contributed by atoms with Gasteiger partial charge < -0.3 is 10.1 Å². The standard InChI is InChI=1S/C13H17Cl2NO2/c1-3-4-7-11(13(17)18-2)16-10-8-5-6-9(14)12(10)15/h5-6,8,11,16H,3-4,7H2,1-2H3. The molecule has 100 valence electrons. The van der Waals surface area contributed by atoms with E-state index in [1.807, 2.05) is 0 Å². The van der Waals surface area contributed by atoms with Crippen LogP contribution in [0.4, 0.5) is 5.69 Å². The highest BCUT2D eigenvalue weighted by molar-refractivity contribution is 6.43. The highest BCUT2D eigenvalue weighted by Crippen LogP contribution is 2.30. The smallest absolute Gasteiger partial charge is 0.328 e. The van der Waals surface area contributed by atoms with Crippen molar-refractivity contribution in [2.24, 2.45) is 0 Å². The Hall–Kier alpha value is -0.930. The first-order valence-corrected chi connectivity index (χ1v) is 6.64. The number of nitrogens with one attached hydrogen (secondary N) is 1. The second-order valence-corrected chi connectivity index (χ2v) is 4.75. The van der Waals surface area contributed by atoms with Crippen molar-refractivity contribution in [2.75, 3.05) is 12.4 Å². The van der Waals surface area contributed by atoms with Gasteiger partial charge in [-0.15, -0.1) is 0 Å². The molecule has 1 N–H and O–H groups in total. The van der Waals surface area contributed by atoms with Crippen LogP contribution in [-0.2, 0) is 9.53 Å². The molecule has 0 saturated carbocycles. The quantitative estimate of drug-likeness (QED) is 0.800. The summed E-state index contributed by atoms with van der Waals surface area (Å²) in [6.07, 6.45) is 2.65. The number of anilines is 1. The van der Waals surface area contributed by atoms with Crippen molar-refractivity contribution in [3.05, 3.63) is 28.2 Å². The Bertz CT molecular complexity index is 410. The Morgan fingerprint density at radius 2 is 2.17 bits per heavy atom. The summed E-state index contributed by atoms with van der Waals surface area (Å²) >= 11 is 12.0. The number of carbonyl (C=O) groups is 1. The van der Waals surface area contributed by atoms with Gasteiger partial charge in [-0.3, -0.25) is 0 Å². The summed E-state index contributed by atoms with van der Waals surface area (Å²) in [5.41, 5.74) is 0.649. The molecule has 0 aromatic heterocycles. The van der Waals surface area contributed by atoms with Gasteiger partial charge >= 0.3 is 5.97 Å². The Morgan fingerprint density at radius 3 is 2.78 bits per heavy atom. The molecule has 0 aliphatic carbocycles. The molecule has 18 heavy (non-hydrogen) atoms. The molecule has 1 rings (SSSR count). The van der Waals surface area contributed by atoms with E-state index in [9.17, 15) is 4.79 Å². The van der Waals surface area contributed by atoms with Gasteiger partial charge in [0.25, 0.3) is 0 Å². The van der Waals surface area contributed by atoms with Gasteiger partial charge in [0.1, 0.15) is 6.04 Å². The van der Waals surface area contributed by atoms with Crippen LogP contribution in [0.15, 0.2) is 18.2 Å². The molecule has 0 radical (unpaired) electrons. The predicted octanol–water partition coefficient (Wildman–Crippen LogP) is 4.14. The Morgan fingerprint density at radius 1 is 1.44 bits per heavy atom. The monoisotopic (exact) mass is 289 g/mol. The van der Waals surface area contributed by atoms with Crippen LogP contribution in [0.2, 0.25) is 10.0 Å². The zero-order chi connectivity index (χ0) is 13.5. The molecule has 1 atom stereocenters. The number of esters is 1. The number of halogens is 2. The van der Waals surface area contributed by atoms with Crippen molar-refractivity contribution in [3.63, 3.8) is 0 Å². The third kappa shape index (κ3) is 4.07. The van der Waals surface area contributed by atoms with Crippen LogP contribution in [0.25, 0.3) is 0 Å². The van der Waals surface area contributed by atoms with E-state index >= 15 is 0 Å². The Kier molecular flexibility index (Phi) is 6.30. The predicted molar refractivity (Wildman–Crippen MR) is 75.4 cm³/mol. The largest absolute Gasteiger partial charge is 0.467 e. The van der Waals surface area contributed by atoms with Gasteiger partial charge in [0.2, 0.25) is 0 Å². The van der Waals surface area contributed by atoms with E-state index in [1.165, 1.54) is 7.11 Å². The molecule has 0 aliphatic rings. The molecule has 0 fully saturated rings. The van der Waals surface area contributed by atoms with E-state index in [0.29, 0.717) is 22.2 Å². The molecule has 0 bridgehead atoms. The fourth-order valence-electron chi connectivity index (χ4n) is 1.60. The molecule has 0 aliphatic heterocycles. The minimum absolute atomic E-state index is 0.292. The van der Waals surface area contributed by atoms with Crippen molar-refractivity contribution < 1.29 is 9.53 Å². The first kappa shape index (κ1) is 15.1. The summed E-state index contributed by atoms with van der Waals surface area (Å²) in [5, 5.41) is 3.96. The van der Waals surface area contributed by atoms with Crippen LogP contribution in [0.1, 0.15) is 26.2 Å². The maximum absolute atomic E-state index is 11.7. The SMILES string of the molecule is CCCCC(Nc1cccc(Cl)c1Cl)C(=O)OC. The normalized spacial score (nSPS) is 12.0. The van der Waals surface area contributed by atoms with Crippen LogP contribution in [-0.4, -0.2) is 19.1 Å². The van der Waals surface area contributed by atoms with E-state index in [1.54, 1.807) is 18.2 Å². The summed E-state index contributed by atoms with van der Waals surface area (Å²) < 4.78 is 4.77. The maximum Gasteiger partial charge on any atom is 0.328 e. The van der Waals surface area contributed by atoms with Gasteiger partial charge in [-0.25, -0.2) is 4.79 Å². The van der Waals surface area contributed by atoms with Crippen LogP contribution < -0.4 is 5.32 Å². The van der Waals surface area contributed by atoms with Crippen LogP contribution in [0, 0.1) is 0 Å². The van der Waals surface area contributed by atoms with Crippen molar-refractivity contribution >= 4 is 34.9 Å². The number of ether oxygens (including phenoxy) is 1. The van der Waals surface area contributed by atoms with Crippen LogP contribution in [0.3, 0.4) is 0 Å². The zero-order valence-corrected chi connectivity index (χ0v) is 12.0. The lowest BCUT2D eigenvalue weighted by Crippen LogP contribution is -2.30. The summed E-state index contributed by atoms with van der Waals surface area (Å²) in [7, 11) is 1.38. The van der Waals surface area contributed by atoms with Crippen molar-refractivity contribution in [1.82, 2.24) is 0 Å². The fourth-order valence-corrected chi connectivity index (χ4v) is 1.96. The molecule has 1 aromatic carbocycles. The van der Waals surface area contributed by atoms with Gasteiger partial charge in [-0.05, 0) is 18.6 Å². The average molecular weight is 290 g/mol. The number of unbranched alkanes of at least 4 members (excludes halogenated alkanes) is 1. The summed E-state index contributed by atoms with van der Waals surface area (Å²) in [5.74, 6) is -0.292. The lowest BCUT2D eigenvalue weighted by Gasteiger charge is -2.18. The van der Waals surface area contributed by atoms with E-state index in [0.717, 1.165) is 12.8 Å². The molecule has 5 heteroatoms. The number of hydrogen-bond donors (Lipinski definition) is 1. The summed E-state index contributed by atoms with van der Waals surface area (Å²) in [6.45, 7) is 2.07. The number of carbonyl (C=O) groups excluding carboxylic acids is 1. The highest BCUT2D eigenvalue weighted by atomic mass is 35.5. The molecular formula is C13H17Cl2NO2. The maximum atomic E-state index is 11.7. The second kappa shape index (κ2) is 7.49. The minimum Gasteiger partial charge on any atom is -0.467 e. The van der Waals surface area contributed by atoms with Crippen LogP contribution >= 0.6 is 23.2 Å². The van der Waals surface area contributed by atoms with E-state index in [-0.39, 0.29) is 5.97 Å². The van der Waals surface area contributed by atoms with Gasteiger partial charge in [0, 0.05) is 0 Å². The summed E-state index contributed by atoms with van der Waals surface area (Å²) in [4.78, 5) is 11.7. The lowest BCUT2D eigenvalue weighted by atomic mass is 10.1.